The minimum atomic E-state index is -3.01. The Labute approximate surface area is 130 Å². The molecule has 9 atom stereocenters. The Morgan fingerprint density at radius 1 is 1.04 bits per heavy atom. The summed E-state index contributed by atoms with van der Waals surface area (Å²) in [5.74, 6) is 0. The minimum Gasteiger partial charge on any atom is -0.394 e. The molecule has 23 heavy (non-hydrogen) atoms. The molecule has 0 radical (unpaired) electrons. The van der Waals surface area contributed by atoms with E-state index in [9.17, 15) is 40.5 Å². The van der Waals surface area contributed by atoms with E-state index in [1.54, 1.807) is 0 Å². The lowest BCUT2D eigenvalue weighted by Crippen LogP contribution is -2.70. The molecule has 0 amide bonds. The number of aldehydes is 1. The highest BCUT2D eigenvalue weighted by Crippen LogP contribution is 2.31. The summed E-state index contributed by atoms with van der Waals surface area (Å²) in [5.41, 5.74) is -3.01. The van der Waals surface area contributed by atoms with E-state index in [0.29, 0.717) is 0 Å². The van der Waals surface area contributed by atoms with Crippen molar-refractivity contribution in [2.24, 2.45) is 0 Å². The summed E-state index contributed by atoms with van der Waals surface area (Å²) in [6.07, 6.45) is -16.0. The van der Waals surface area contributed by atoms with E-state index in [4.69, 9.17) is 14.9 Å². The summed E-state index contributed by atoms with van der Waals surface area (Å²) in [6.45, 7) is -1.84. The van der Waals surface area contributed by atoms with Gasteiger partial charge in [0.2, 0.25) is 0 Å². The first-order valence-electron chi connectivity index (χ1n) is 6.79. The summed E-state index contributed by atoms with van der Waals surface area (Å²) in [4.78, 5) is 11.2. The highest BCUT2D eigenvalue weighted by atomic mass is 16.6. The highest BCUT2D eigenvalue weighted by molar-refractivity contribution is 5.65. The molecule has 0 aromatic rings. The summed E-state index contributed by atoms with van der Waals surface area (Å²) in [5, 5.41) is 86.1. The number of hydrogen-bond donors (Lipinski definition) is 9. The van der Waals surface area contributed by atoms with E-state index < -0.39 is 67.6 Å². The number of aliphatic hydroxyl groups excluding tert-OH is 8. The molecule has 136 valence electrons. The maximum Gasteiger partial charge on any atom is 0.177 e. The third-order valence-electron chi connectivity index (χ3n) is 3.92. The third kappa shape index (κ3) is 3.69. The molecule has 1 rings (SSSR count). The smallest absolute Gasteiger partial charge is 0.177 e. The monoisotopic (exact) mass is 342 g/mol. The van der Waals surface area contributed by atoms with E-state index in [-0.39, 0.29) is 6.29 Å². The molecule has 0 unspecified atom stereocenters. The maximum absolute atomic E-state index is 11.2. The average Bonchev–Trinajstić information content (AvgIpc) is 2.57. The van der Waals surface area contributed by atoms with Crippen molar-refractivity contribution in [3.8, 4) is 0 Å². The van der Waals surface area contributed by atoms with Crippen molar-refractivity contribution in [2.75, 3.05) is 13.2 Å². The Balaban J connectivity index is 3.12. The largest absolute Gasteiger partial charge is 0.394 e. The zero-order valence-electron chi connectivity index (χ0n) is 12.0. The van der Waals surface area contributed by atoms with Crippen LogP contribution in [0.2, 0.25) is 0 Å². The predicted molar refractivity (Wildman–Crippen MR) is 69.9 cm³/mol. The molecule has 0 aliphatic carbocycles. The number of carbonyl (C=O) groups is 1. The molecule has 0 saturated carbocycles. The Morgan fingerprint density at radius 2 is 1.61 bits per heavy atom. The Hall–Kier alpha value is -0.730. The lowest BCUT2D eigenvalue weighted by Gasteiger charge is -2.47. The zero-order valence-corrected chi connectivity index (χ0v) is 12.0. The number of aliphatic hydroxyl groups is 9. The van der Waals surface area contributed by atoms with Crippen LogP contribution in [0.5, 0.6) is 0 Å². The van der Waals surface area contributed by atoms with E-state index >= 15 is 0 Å². The first kappa shape index (κ1) is 20.3. The van der Waals surface area contributed by atoms with Crippen LogP contribution in [-0.4, -0.2) is 120 Å². The van der Waals surface area contributed by atoms with Crippen LogP contribution in [0.4, 0.5) is 0 Å². The number of rotatable bonds is 7. The van der Waals surface area contributed by atoms with Gasteiger partial charge in [0, 0.05) is 0 Å². The van der Waals surface area contributed by atoms with Gasteiger partial charge in [0.25, 0.3) is 0 Å². The van der Waals surface area contributed by atoms with Crippen LogP contribution >= 0.6 is 0 Å². The second-order valence-electron chi connectivity index (χ2n) is 5.44. The summed E-state index contributed by atoms with van der Waals surface area (Å²) >= 11 is 0. The minimum absolute atomic E-state index is 0.280. The van der Waals surface area contributed by atoms with Gasteiger partial charge in [0.1, 0.15) is 48.8 Å². The van der Waals surface area contributed by atoms with Gasteiger partial charge >= 0.3 is 0 Å². The summed E-state index contributed by atoms with van der Waals surface area (Å²) in [6, 6.07) is 0. The predicted octanol–water partition coefficient (Wildman–Crippen LogP) is -6.17. The Kier molecular flexibility index (Phi) is 6.97. The van der Waals surface area contributed by atoms with Gasteiger partial charge in [-0.1, -0.05) is 0 Å². The van der Waals surface area contributed by atoms with Crippen LogP contribution in [0.15, 0.2) is 0 Å². The Bertz CT molecular complexity index is 391. The fourth-order valence-electron chi connectivity index (χ4n) is 2.38. The van der Waals surface area contributed by atoms with Crippen molar-refractivity contribution in [3.05, 3.63) is 0 Å². The number of hydrogen-bond acceptors (Lipinski definition) is 11. The van der Waals surface area contributed by atoms with Crippen molar-refractivity contribution in [2.45, 2.75) is 54.4 Å². The molecule has 1 aliphatic heterocycles. The molecule has 1 saturated heterocycles. The second kappa shape index (κ2) is 7.90. The van der Waals surface area contributed by atoms with Gasteiger partial charge in [0.05, 0.1) is 13.2 Å². The van der Waals surface area contributed by atoms with Crippen LogP contribution in [-0.2, 0) is 9.53 Å². The van der Waals surface area contributed by atoms with Crippen LogP contribution in [0.3, 0.4) is 0 Å². The highest BCUT2D eigenvalue weighted by Gasteiger charge is 2.57. The van der Waals surface area contributed by atoms with Gasteiger partial charge < -0.3 is 50.7 Å². The van der Waals surface area contributed by atoms with Crippen LogP contribution < -0.4 is 0 Å². The van der Waals surface area contributed by atoms with Gasteiger partial charge in [-0.2, -0.15) is 0 Å². The fraction of sp³-hybridized carbons (Fsp3) is 0.917. The molecule has 1 aliphatic rings. The fourth-order valence-corrected chi connectivity index (χ4v) is 2.38. The van der Waals surface area contributed by atoms with Gasteiger partial charge in [-0.25, -0.2) is 0 Å². The van der Waals surface area contributed by atoms with Gasteiger partial charge in [-0.3, -0.25) is 4.79 Å². The van der Waals surface area contributed by atoms with E-state index in [1.165, 1.54) is 0 Å². The molecule has 0 aromatic heterocycles. The van der Waals surface area contributed by atoms with E-state index in [0.717, 1.165) is 0 Å². The molecule has 1 heterocycles. The van der Waals surface area contributed by atoms with Crippen molar-refractivity contribution < 1.29 is 55.5 Å². The van der Waals surface area contributed by atoms with Gasteiger partial charge in [-0.15, -0.1) is 0 Å². The molecular formula is C12H22O11. The average molecular weight is 342 g/mol. The molecule has 11 nitrogen and oxygen atoms in total. The molecular weight excluding hydrogens is 320 g/mol. The van der Waals surface area contributed by atoms with Crippen LogP contribution in [0.1, 0.15) is 0 Å². The second-order valence-corrected chi connectivity index (χ2v) is 5.44. The van der Waals surface area contributed by atoms with E-state index in [2.05, 4.69) is 0 Å². The van der Waals surface area contributed by atoms with E-state index in [1.807, 2.05) is 0 Å². The quantitative estimate of drug-likeness (QED) is 0.199. The lowest BCUT2D eigenvalue weighted by molar-refractivity contribution is -0.283. The van der Waals surface area contributed by atoms with Crippen molar-refractivity contribution >= 4 is 6.29 Å². The molecule has 0 spiro atoms. The van der Waals surface area contributed by atoms with Crippen LogP contribution in [0, 0.1) is 0 Å². The normalized spacial score (nSPS) is 38.4. The molecule has 11 heteroatoms. The standard InChI is InChI=1S/C12H22O11/c13-1-4(16)6(17)10(21)12(22,3-15)11-9(20)8(19)7(18)5(2-14)23-11/h3-11,13-14,16-22H,1-2H2/t4-,5-,6-,7-,8+,9-,10+,11+,12+/m1/s1. The molecule has 9 N–H and O–H groups in total. The van der Waals surface area contributed by atoms with Crippen LogP contribution in [0.25, 0.3) is 0 Å². The molecule has 1 fully saturated rings. The molecule has 0 bridgehead atoms. The third-order valence-corrected chi connectivity index (χ3v) is 3.92. The lowest BCUT2D eigenvalue weighted by atomic mass is 9.80. The SMILES string of the molecule is O=C[C@](O)([C@@H](O)[C@H](O)[C@H](O)CO)[C@H]1O[C@H](CO)[C@@H](O)[C@H](O)[C@H]1O. The first-order valence-corrected chi connectivity index (χ1v) is 6.79. The number of ether oxygens (including phenoxy) is 1. The first-order chi connectivity index (χ1) is 10.6. The van der Waals surface area contributed by atoms with Gasteiger partial charge in [-0.05, 0) is 0 Å². The van der Waals surface area contributed by atoms with Crippen molar-refractivity contribution in [1.29, 1.82) is 0 Å². The maximum atomic E-state index is 11.2. The summed E-state index contributed by atoms with van der Waals surface area (Å²) < 4.78 is 4.96. The van der Waals surface area contributed by atoms with Crippen molar-refractivity contribution in [1.82, 2.24) is 0 Å². The van der Waals surface area contributed by atoms with Gasteiger partial charge in [0.15, 0.2) is 11.9 Å². The number of carbonyl (C=O) groups excluding carboxylic acids is 1. The summed E-state index contributed by atoms with van der Waals surface area (Å²) in [7, 11) is 0. The topological polar surface area (TPSA) is 208 Å². The van der Waals surface area contributed by atoms with Crippen molar-refractivity contribution in [3.63, 3.8) is 0 Å². The molecule has 0 aromatic carbocycles. The zero-order chi connectivity index (χ0) is 17.9. The Morgan fingerprint density at radius 3 is 2.04 bits per heavy atom.